The maximum Gasteiger partial charge on any atom is 0.407 e. The van der Waals surface area contributed by atoms with E-state index in [9.17, 15) is 22.0 Å². The maximum absolute atomic E-state index is 13.5. The van der Waals surface area contributed by atoms with E-state index >= 15 is 0 Å². The second-order valence-corrected chi connectivity index (χ2v) is 12.4. The predicted octanol–water partition coefficient (Wildman–Crippen LogP) is 4.18. The lowest BCUT2D eigenvalue weighted by Crippen LogP contribution is -2.50. The fraction of sp³-hybridized carbons (Fsp3) is 0.583. The molecule has 10 heteroatoms. The highest BCUT2D eigenvalue weighted by Gasteiger charge is 2.47. The van der Waals surface area contributed by atoms with E-state index in [1.165, 1.54) is 0 Å². The second kappa shape index (κ2) is 7.84. The average molecular weight is 494 g/mol. The number of carbonyl (C=O) groups is 1. The smallest absolute Gasteiger partial charge is 0.407 e. The summed E-state index contributed by atoms with van der Waals surface area (Å²) in [5.74, 6) is -2.51. The molecule has 0 radical (unpaired) electrons. The van der Waals surface area contributed by atoms with Gasteiger partial charge in [-0.15, -0.1) is 0 Å². The highest BCUT2D eigenvalue weighted by molar-refractivity contribution is 7.89. The summed E-state index contributed by atoms with van der Waals surface area (Å²) < 4.78 is 61.7. The van der Waals surface area contributed by atoms with Crippen molar-refractivity contribution in [1.29, 1.82) is 0 Å². The number of hydrogen-bond donors (Lipinski definition) is 2. The first-order valence-electron chi connectivity index (χ1n) is 11.6. The standard InChI is InChI=1S/C24H29F2N3O4S/c1-23(2,3)33-22(30)28-16-7-14-6-15-12-27-20(13-4-5-13)9-19(15)21(18(14)8-16)34(31,32)29-17-10-24(25,26)11-17/h6,9,12-13,16-17,29H,4-5,7-8,10-11H2,1-3H3,(H,28,30)/t16-/m1/s1. The van der Waals surface area contributed by atoms with Crippen molar-refractivity contribution in [2.24, 2.45) is 0 Å². The van der Waals surface area contributed by atoms with Gasteiger partial charge in [-0.1, -0.05) is 0 Å². The molecule has 1 aromatic heterocycles. The number of alkyl halides is 2. The summed E-state index contributed by atoms with van der Waals surface area (Å²) in [6.07, 6.45) is 2.90. The molecular weight excluding hydrogens is 464 g/mol. The molecule has 3 aliphatic carbocycles. The number of sulfonamides is 1. The zero-order chi connectivity index (χ0) is 24.5. The second-order valence-electron chi connectivity index (χ2n) is 10.8. The van der Waals surface area contributed by atoms with E-state index in [2.05, 4.69) is 15.0 Å². The largest absolute Gasteiger partial charge is 0.444 e. The minimum Gasteiger partial charge on any atom is -0.444 e. The summed E-state index contributed by atoms with van der Waals surface area (Å²) in [6.45, 7) is 5.31. The van der Waals surface area contributed by atoms with Crippen LogP contribution in [0.25, 0.3) is 10.8 Å². The van der Waals surface area contributed by atoms with Crippen molar-refractivity contribution >= 4 is 26.9 Å². The first kappa shape index (κ1) is 23.4. The van der Waals surface area contributed by atoms with Crippen molar-refractivity contribution in [3.05, 3.63) is 35.2 Å². The van der Waals surface area contributed by atoms with Crippen molar-refractivity contribution in [3.63, 3.8) is 0 Å². The molecule has 7 nitrogen and oxygen atoms in total. The first-order chi connectivity index (χ1) is 15.8. The van der Waals surface area contributed by atoms with Gasteiger partial charge in [0.25, 0.3) is 5.92 Å². The van der Waals surface area contributed by atoms with Gasteiger partial charge in [0.05, 0.1) is 4.90 Å². The molecule has 1 atom stereocenters. The molecule has 2 saturated carbocycles. The summed E-state index contributed by atoms with van der Waals surface area (Å²) in [4.78, 5) is 17.0. The van der Waals surface area contributed by atoms with Gasteiger partial charge in [0, 0.05) is 53.5 Å². The number of ether oxygens (including phenoxy) is 1. The van der Waals surface area contributed by atoms with E-state index in [-0.39, 0.29) is 10.9 Å². The van der Waals surface area contributed by atoms with Crippen LogP contribution in [0.15, 0.2) is 23.2 Å². The molecule has 0 aliphatic heterocycles. The molecule has 2 fully saturated rings. The van der Waals surface area contributed by atoms with Crippen LogP contribution in [-0.4, -0.2) is 43.1 Å². The number of fused-ring (bicyclic) bond motifs is 2. The molecular formula is C24H29F2N3O4S. The van der Waals surface area contributed by atoms with Gasteiger partial charge in [0.1, 0.15) is 5.60 Å². The third-order valence-corrected chi connectivity index (χ3v) is 8.15. The number of hydrogen-bond acceptors (Lipinski definition) is 5. The molecule has 2 aromatic rings. The number of nitrogens with one attached hydrogen (secondary N) is 2. The number of pyridine rings is 1. The first-order valence-corrected chi connectivity index (χ1v) is 13.1. The van der Waals surface area contributed by atoms with Gasteiger partial charge in [0.15, 0.2) is 0 Å². The van der Waals surface area contributed by atoms with E-state index < -0.39 is 46.5 Å². The highest BCUT2D eigenvalue weighted by atomic mass is 32.2. The number of halogens is 2. The molecule has 1 aromatic carbocycles. The number of rotatable bonds is 5. The van der Waals surface area contributed by atoms with Crippen molar-refractivity contribution in [2.45, 2.75) is 93.7 Å². The Hall–Kier alpha value is -2.33. The van der Waals surface area contributed by atoms with Crippen molar-refractivity contribution < 1.29 is 26.7 Å². The van der Waals surface area contributed by atoms with Crippen molar-refractivity contribution in [2.75, 3.05) is 0 Å². The van der Waals surface area contributed by atoms with E-state index in [1.54, 1.807) is 27.0 Å². The van der Waals surface area contributed by atoms with Gasteiger partial charge in [-0.3, -0.25) is 4.98 Å². The zero-order valence-corrected chi connectivity index (χ0v) is 20.3. The Morgan fingerprint density at radius 1 is 1.15 bits per heavy atom. The van der Waals surface area contributed by atoms with Crippen LogP contribution in [0.2, 0.25) is 0 Å². The number of carbonyl (C=O) groups excluding carboxylic acids is 1. The van der Waals surface area contributed by atoms with Crippen molar-refractivity contribution in [3.8, 4) is 0 Å². The van der Waals surface area contributed by atoms with E-state index in [0.717, 1.165) is 24.1 Å². The Kier molecular flexibility index (Phi) is 5.40. The Morgan fingerprint density at radius 2 is 1.85 bits per heavy atom. The number of nitrogens with zero attached hydrogens (tertiary/aromatic N) is 1. The summed E-state index contributed by atoms with van der Waals surface area (Å²) in [7, 11) is -4.08. The van der Waals surface area contributed by atoms with Crippen LogP contribution in [0.4, 0.5) is 13.6 Å². The molecule has 0 saturated heterocycles. The molecule has 1 heterocycles. The topological polar surface area (TPSA) is 97.4 Å². The Labute approximate surface area is 197 Å². The summed E-state index contributed by atoms with van der Waals surface area (Å²) in [6, 6.07) is 2.61. The van der Waals surface area contributed by atoms with E-state index in [1.807, 2.05) is 12.1 Å². The van der Waals surface area contributed by atoms with Crippen LogP contribution in [0.3, 0.4) is 0 Å². The zero-order valence-electron chi connectivity index (χ0n) is 19.5. The van der Waals surface area contributed by atoms with Crippen molar-refractivity contribution in [1.82, 2.24) is 15.0 Å². The fourth-order valence-electron chi connectivity index (χ4n) is 4.88. The van der Waals surface area contributed by atoms with Crippen LogP contribution in [-0.2, 0) is 27.6 Å². The summed E-state index contributed by atoms with van der Waals surface area (Å²) >= 11 is 0. The number of aromatic nitrogens is 1. The third kappa shape index (κ3) is 4.75. The summed E-state index contributed by atoms with van der Waals surface area (Å²) in [5.41, 5.74) is 1.60. The van der Waals surface area contributed by atoms with Gasteiger partial charge in [-0.25, -0.2) is 26.7 Å². The lowest BCUT2D eigenvalue weighted by molar-refractivity contribution is -0.0876. The minimum absolute atomic E-state index is 0.119. The lowest BCUT2D eigenvalue weighted by atomic mass is 9.89. The van der Waals surface area contributed by atoms with Gasteiger partial charge < -0.3 is 10.1 Å². The Bertz CT molecular complexity index is 1260. The normalized spacial score (nSPS) is 22.3. The molecule has 0 unspecified atom stereocenters. The van der Waals surface area contributed by atoms with E-state index in [4.69, 9.17) is 4.74 Å². The minimum atomic E-state index is -4.08. The molecule has 184 valence electrons. The SMILES string of the molecule is CC(C)(C)OC(=O)N[C@@H]1Cc2cc3cnc(C4CC4)cc3c(S(=O)(=O)NC3CC(F)(F)C3)c2C1. The van der Waals surface area contributed by atoms with Gasteiger partial charge >= 0.3 is 6.09 Å². The van der Waals surface area contributed by atoms with Crippen LogP contribution in [0, 0.1) is 0 Å². The predicted molar refractivity (Wildman–Crippen MR) is 123 cm³/mol. The van der Waals surface area contributed by atoms with E-state index in [0.29, 0.717) is 35.1 Å². The van der Waals surface area contributed by atoms with Crippen LogP contribution in [0.1, 0.15) is 69.2 Å². The quantitative estimate of drug-likeness (QED) is 0.651. The number of benzene rings is 1. The number of amides is 1. The average Bonchev–Trinajstić information content (AvgIpc) is 3.43. The lowest BCUT2D eigenvalue weighted by Gasteiger charge is -2.35. The molecule has 5 rings (SSSR count). The molecule has 2 N–H and O–H groups in total. The Balaban J connectivity index is 1.51. The van der Waals surface area contributed by atoms with Gasteiger partial charge in [-0.2, -0.15) is 0 Å². The molecule has 1 amide bonds. The molecule has 3 aliphatic rings. The van der Waals surface area contributed by atoms with Gasteiger partial charge in [-0.05, 0) is 69.7 Å². The maximum atomic E-state index is 13.5. The summed E-state index contributed by atoms with van der Waals surface area (Å²) in [5, 5.41) is 4.07. The Morgan fingerprint density at radius 3 is 2.47 bits per heavy atom. The van der Waals surface area contributed by atoms with Crippen LogP contribution >= 0.6 is 0 Å². The van der Waals surface area contributed by atoms with Crippen LogP contribution in [0.5, 0.6) is 0 Å². The van der Waals surface area contributed by atoms with Crippen LogP contribution < -0.4 is 10.0 Å². The molecule has 0 spiro atoms. The third-order valence-electron chi connectivity index (χ3n) is 6.51. The highest BCUT2D eigenvalue weighted by Crippen LogP contribution is 2.43. The van der Waals surface area contributed by atoms with Gasteiger partial charge in [0.2, 0.25) is 10.0 Å². The molecule has 0 bridgehead atoms. The monoisotopic (exact) mass is 493 g/mol. The fourth-order valence-corrected chi connectivity index (χ4v) is 6.60. The molecule has 34 heavy (non-hydrogen) atoms. The number of alkyl carbamates (subject to hydrolysis) is 1.